The molecule has 0 aliphatic carbocycles. The first-order valence-corrected chi connectivity index (χ1v) is 4.81. The SMILES string of the molecule is CCc1cccc(CN)c1NC=S. The number of hydrogen-bond acceptors (Lipinski definition) is 2. The largest absolute Gasteiger partial charge is 0.352 e. The van der Waals surface area contributed by atoms with Gasteiger partial charge in [-0.15, -0.1) is 0 Å². The number of thiocarbonyl (C=S) groups is 1. The number of hydrogen-bond donors (Lipinski definition) is 2. The Balaban J connectivity index is 3.12. The highest BCUT2D eigenvalue weighted by Gasteiger charge is 2.03. The van der Waals surface area contributed by atoms with E-state index in [9.17, 15) is 0 Å². The van der Waals surface area contributed by atoms with Crippen molar-refractivity contribution in [1.82, 2.24) is 0 Å². The van der Waals surface area contributed by atoms with Gasteiger partial charge in [0.1, 0.15) is 0 Å². The van der Waals surface area contributed by atoms with Crippen LogP contribution >= 0.6 is 12.2 Å². The van der Waals surface area contributed by atoms with E-state index < -0.39 is 0 Å². The van der Waals surface area contributed by atoms with E-state index >= 15 is 0 Å². The number of para-hydroxylation sites is 1. The van der Waals surface area contributed by atoms with E-state index in [0.29, 0.717) is 6.54 Å². The summed E-state index contributed by atoms with van der Waals surface area (Å²) in [6, 6.07) is 6.12. The van der Waals surface area contributed by atoms with Crippen molar-refractivity contribution in [3.05, 3.63) is 29.3 Å². The second kappa shape index (κ2) is 4.94. The molecule has 0 atom stereocenters. The van der Waals surface area contributed by atoms with Gasteiger partial charge in [-0.05, 0) is 17.5 Å². The second-order valence-corrected chi connectivity index (χ2v) is 3.01. The lowest BCUT2D eigenvalue weighted by Gasteiger charge is -2.11. The van der Waals surface area contributed by atoms with Crippen molar-refractivity contribution in [2.75, 3.05) is 5.32 Å². The van der Waals surface area contributed by atoms with E-state index in [1.807, 2.05) is 12.1 Å². The molecule has 0 saturated carbocycles. The maximum absolute atomic E-state index is 5.62. The maximum atomic E-state index is 5.62. The summed E-state index contributed by atoms with van der Waals surface area (Å²) in [5.41, 5.74) is 10.6. The van der Waals surface area contributed by atoms with Crippen LogP contribution in [-0.2, 0) is 13.0 Å². The Hall–Kier alpha value is -0.930. The summed E-state index contributed by atoms with van der Waals surface area (Å²) in [5, 5.41) is 3.06. The molecule has 1 aromatic carbocycles. The summed E-state index contributed by atoms with van der Waals surface area (Å²) in [6.45, 7) is 2.66. The molecule has 1 aromatic rings. The van der Waals surface area contributed by atoms with Crippen LogP contribution in [0.3, 0.4) is 0 Å². The highest BCUT2D eigenvalue weighted by atomic mass is 32.1. The zero-order valence-electron chi connectivity index (χ0n) is 7.71. The molecule has 0 aliphatic rings. The number of nitrogens with two attached hydrogens (primary N) is 1. The van der Waals surface area contributed by atoms with Crippen LogP contribution in [0.5, 0.6) is 0 Å². The molecule has 0 heterocycles. The highest BCUT2D eigenvalue weighted by Crippen LogP contribution is 2.20. The molecule has 70 valence electrons. The van der Waals surface area contributed by atoms with Crippen LogP contribution in [0, 0.1) is 0 Å². The van der Waals surface area contributed by atoms with Gasteiger partial charge in [-0.3, -0.25) is 0 Å². The van der Waals surface area contributed by atoms with Gasteiger partial charge in [0.15, 0.2) is 0 Å². The Labute approximate surface area is 84.1 Å². The molecule has 0 saturated heterocycles. The average molecular weight is 194 g/mol. The fourth-order valence-corrected chi connectivity index (χ4v) is 1.48. The molecule has 0 bridgehead atoms. The third kappa shape index (κ3) is 2.26. The quantitative estimate of drug-likeness (QED) is 0.721. The maximum Gasteiger partial charge on any atom is 0.0659 e. The van der Waals surface area contributed by atoms with Crippen molar-refractivity contribution in [2.24, 2.45) is 5.73 Å². The molecular weight excluding hydrogens is 180 g/mol. The van der Waals surface area contributed by atoms with E-state index in [-0.39, 0.29) is 0 Å². The van der Waals surface area contributed by atoms with Crippen LogP contribution in [0.2, 0.25) is 0 Å². The summed E-state index contributed by atoms with van der Waals surface area (Å²) >= 11 is 4.77. The first kappa shape index (κ1) is 10.2. The molecule has 0 amide bonds. The van der Waals surface area contributed by atoms with Crippen LogP contribution < -0.4 is 11.1 Å². The lowest BCUT2D eigenvalue weighted by Crippen LogP contribution is -2.05. The first-order chi connectivity index (χ1) is 6.33. The second-order valence-electron chi connectivity index (χ2n) is 2.77. The van der Waals surface area contributed by atoms with Gasteiger partial charge < -0.3 is 11.1 Å². The molecule has 0 fully saturated rings. The highest BCUT2D eigenvalue weighted by molar-refractivity contribution is 7.79. The summed E-state index contributed by atoms with van der Waals surface area (Å²) in [5.74, 6) is 0. The van der Waals surface area contributed by atoms with Crippen LogP contribution in [0.1, 0.15) is 18.1 Å². The summed E-state index contributed by atoms with van der Waals surface area (Å²) in [7, 11) is 0. The van der Waals surface area contributed by atoms with Crippen molar-refractivity contribution >= 4 is 23.4 Å². The van der Waals surface area contributed by atoms with Crippen molar-refractivity contribution < 1.29 is 0 Å². The molecule has 0 spiro atoms. The Morgan fingerprint density at radius 1 is 1.46 bits per heavy atom. The molecule has 13 heavy (non-hydrogen) atoms. The summed E-state index contributed by atoms with van der Waals surface area (Å²) in [6.07, 6.45) is 0.985. The first-order valence-electron chi connectivity index (χ1n) is 4.34. The van der Waals surface area contributed by atoms with Crippen molar-refractivity contribution in [1.29, 1.82) is 0 Å². The van der Waals surface area contributed by atoms with Crippen molar-refractivity contribution in [3.63, 3.8) is 0 Å². The molecule has 0 radical (unpaired) electrons. The van der Waals surface area contributed by atoms with Gasteiger partial charge >= 0.3 is 0 Å². The van der Waals surface area contributed by atoms with Crippen molar-refractivity contribution in [2.45, 2.75) is 19.9 Å². The number of nitrogens with one attached hydrogen (secondary N) is 1. The van der Waals surface area contributed by atoms with Crippen molar-refractivity contribution in [3.8, 4) is 0 Å². The Kier molecular flexibility index (Phi) is 3.86. The molecule has 0 aliphatic heterocycles. The predicted octanol–water partition coefficient (Wildman–Crippen LogP) is 2.08. The monoisotopic (exact) mass is 194 g/mol. The number of aryl methyl sites for hydroxylation is 1. The van der Waals surface area contributed by atoms with E-state index in [1.165, 1.54) is 11.1 Å². The lowest BCUT2D eigenvalue weighted by atomic mass is 10.1. The molecule has 2 nitrogen and oxygen atoms in total. The topological polar surface area (TPSA) is 38.0 Å². The third-order valence-electron chi connectivity index (χ3n) is 2.04. The van der Waals surface area contributed by atoms with Gasteiger partial charge in [0.05, 0.1) is 5.49 Å². The lowest BCUT2D eigenvalue weighted by molar-refractivity contribution is 1.05. The number of anilines is 1. The molecule has 0 unspecified atom stereocenters. The minimum atomic E-state index is 0.541. The van der Waals surface area contributed by atoms with E-state index in [1.54, 1.807) is 0 Å². The summed E-state index contributed by atoms with van der Waals surface area (Å²) < 4.78 is 0. The fraction of sp³-hybridized carbons (Fsp3) is 0.300. The molecule has 1 rings (SSSR count). The summed E-state index contributed by atoms with van der Waals surface area (Å²) in [4.78, 5) is 0. The zero-order chi connectivity index (χ0) is 9.68. The molecule has 3 N–H and O–H groups in total. The van der Waals surface area contributed by atoms with Gasteiger partial charge in [-0.2, -0.15) is 0 Å². The van der Waals surface area contributed by atoms with Gasteiger partial charge in [-0.25, -0.2) is 0 Å². The smallest absolute Gasteiger partial charge is 0.0659 e. The standard InChI is InChI=1S/C10H14N2S/c1-2-8-4-3-5-9(6-11)10(8)12-7-13/h3-5,7H,2,6,11H2,1H3,(H,12,13). The Morgan fingerprint density at radius 3 is 2.69 bits per heavy atom. The number of benzene rings is 1. The average Bonchev–Trinajstić information content (AvgIpc) is 2.18. The minimum absolute atomic E-state index is 0.541. The molecular formula is C10H14N2S. The van der Waals surface area contributed by atoms with Gasteiger partial charge in [0, 0.05) is 12.2 Å². The van der Waals surface area contributed by atoms with Crippen LogP contribution in [0.4, 0.5) is 5.69 Å². The Bertz CT molecular complexity index is 275. The van der Waals surface area contributed by atoms with Crippen LogP contribution in [-0.4, -0.2) is 5.49 Å². The van der Waals surface area contributed by atoms with E-state index in [4.69, 9.17) is 18.0 Å². The fourth-order valence-electron chi connectivity index (χ4n) is 1.36. The number of rotatable bonds is 4. The van der Waals surface area contributed by atoms with Crippen LogP contribution in [0.15, 0.2) is 18.2 Å². The third-order valence-corrected chi connectivity index (χ3v) is 2.16. The van der Waals surface area contributed by atoms with Gasteiger partial charge in [0.25, 0.3) is 0 Å². The van der Waals surface area contributed by atoms with Gasteiger partial charge in [-0.1, -0.05) is 37.3 Å². The van der Waals surface area contributed by atoms with Gasteiger partial charge in [0.2, 0.25) is 0 Å². The van der Waals surface area contributed by atoms with Crippen LogP contribution in [0.25, 0.3) is 0 Å². The zero-order valence-corrected chi connectivity index (χ0v) is 8.53. The Morgan fingerprint density at radius 2 is 2.15 bits per heavy atom. The minimum Gasteiger partial charge on any atom is -0.352 e. The molecule has 3 heteroatoms. The predicted molar refractivity (Wildman–Crippen MR) is 61.0 cm³/mol. The normalized spacial score (nSPS) is 9.69. The van der Waals surface area contributed by atoms with E-state index in [2.05, 4.69) is 18.3 Å². The molecule has 0 aromatic heterocycles. The van der Waals surface area contributed by atoms with E-state index in [0.717, 1.165) is 17.7 Å².